The third-order valence-electron chi connectivity index (χ3n) is 2.42. The highest BCUT2D eigenvalue weighted by Gasteiger charge is 2.15. The van der Waals surface area contributed by atoms with E-state index in [9.17, 15) is 4.79 Å². The van der Waals surface area contributed by atoms with Gasteiger partial charge in [0.1, 0.15) is 0 Å². The van der Waals surface area contributed by atoms with Crippen molar-refractivity contribution in [3.05, 3.63) is 56.1 Å². The van der Waals surface area contributed by atoms with Crippen LogP contribution in [0.1, 0.15) is 10.4 Å². The zero-order valence-corrected chi connectivity index (χ0v) is 13.8. The molecule has 0 radical (unpaired) electrons. The van der Waals surface area contributed by atoms with Crippen LogP contribution < -0.4 is 9.47 Å². The molecule has 0 saturated carbocycles. The first-order valence-electron chi connectivity index (χ1n) is 5.42. The lowest BCUT2D eigenvalue weighted by atomic mass is 10.2. The van der Waals surface area contributed by atoms with Crippen LogP contribution >= 0.6 is 38.5 Å². The zero-order chi connectivity index (χ0) is 13.8. The summed E-state index contributed by atoms with van der Waals surface area (Å²) in [4.78, 5) is 12.2. The van der Waals surface area contributed by atoms with Gasteiger partial charge in [-0.2, -0.15) is 0 Å². The maximum Gasteiger partial charge on any atom is 0.344 e. The molecule has 0 unspecified atom stereocenters. The third-order valence-corrected chi connectivity index (χ3v) is 3.85. The Morgan fingerprint density at radius 2 is 1.84 bits per heavy atom. The van der Waals surface area contributed by atoms with E-state index in [0.717, 1.165) is 8.04 Å². The minimum Gasteiger partial charge on any atom is -0.493 e. The van der Waals surface area contributed by atoms with E-state index in [1.807, 2.05) is 18.2 Å². The Hall–Kier alpha value is -1.08. The minimum atomic E-state index is -0.407. The predicted octanol–water partition coefficient (Wildman–Crippen LogP) is 4.28. The molecule has 0 atom stereocenters. The Morgan fingerprint density at radius 3 is 2.53 bits per heavy atom. The molecule has 0 N–H and O–H groups in total. The van der Waals surface area contributed by atoms with Gasteiger partial charge in [-0.05, 0) is 52.9 Å². The number of benzene rings is 2. The van der Waals surface area contributed by atoms with Gasteiger partial charge in [0, 0.05) is 8.04 Å². The van der Waals surface area contributed by atoms with Gasteiger partial charge < -0.3 is 9.47 Å². The molecule has 2 rings (SSSR count). The van der Waals surface area contributed by atoms with E-state index in [4.69, 9.17) is 9.47 Å². The molecule has 0 aliphatic rings. The molecule has 2 aromatic carbocycles. The van der Waals surface area contributed by atoms with Crippen LogP contribution in [0.2, 0.25) is 0 Å². The highest BCUT2D eigenvalue weighted by Crippen LogP contribution is 2.27. The number of carbonyl (C=O) groups excluding carboxylic acids is 1. The van der Waals surface area contributed by atoms with Gasteiger partial charge in [-0.1, -0.05) is 28.1 Å². The summed E-state index contributed by atoms with van der Waals surface area (Å²) in [5.41, 5.74) is 0.515. The molecule has 98 valence electrons. The van der Waals surface area contributed by atoms with Crippen molar-refractivity contribution in [3.63, 3.8) is 0 Å². The fourth-order valence-electron chi connectivity index (χ4n) is 1.51. The Bertz CT molecular complexity index is 613. The van der Waals surface area contributed by atoms with Crippen molar-refractivity contribution in [2.75, 3.05) is 7.11 Å². The molecular formula is C14H10BrIO3. The maximum absolute atomic E-state index is 12.2. The number of methoxy groups -OCH3 is 1. The molecule has 19 heavy (non-hydrogen) atoms. The van der Waals surface area contributed by atoms with Crippen LogP contribution in [0.25, 0.3) is 0 Å². The third kappa shape index (κ3) is 3.48. The molecule has 0 fully saturated rings. The van der Waals surface area contributed by atoms with E-state index >= 15 is 0 Å². The van der Waals surface area contributed by atoms with Crippen LogP contribution in [-0.4, -0.2) is 13.1 Å². The number of rotatable bonds is 3. The second kappa shape index (κ2) is 6.38. The lowest BCUT2D eigenvalue weighted by Gasteiger charge is -2.09. The van der Waals surface area contributed by atoms with Gasteiger partial charge in [0.25, 0.3) is 0 Å². The summed E-state index contributed by atoms with van der Waals surface area (Å²) in [6.07, 6.45) is 0. The normalized spacial score (nSPS) is 10.1. The van der Waals surface area contributed by atoms with E-state index in [1.165, 1.54) is 7.11 Å². The molecule has 0 spiro atoms. The number of ether oxygens (including phenoxy) is 2. The van der Waals surface area contributed by atoms with Gasteiger partial charge in [0.2, 0.25) is 0 Å². The molecule has 0 aromatic heterocycles. The summed E-state index contributed by atoms with van der Waals surface area (Å²) < 4.78 is 12.2. The van der Waals surface area contributed by atoms with E-state index < -0.39 is 5.97 Å². The number of para-hydroxylation sites is 2. The van der Waals surface area contributed by atoms with E-state index in [-0.39, 0.29) is 0 Å². The average Bonchev–Trinajstić information content (AvgIpc) is 2.42. The number of esters is 1. The molecule has 0 aliphatic carbocycles. The smallest absolute Gasteiger partial charge is 0.344 e. The number of hydrogen-bond donors (Lipinski definition) is 0. The summed E-state index contributed by atoms with van der Waals surface area (Å²) in [7, 11) is 1.54. The quantitative estimate of drug-likeness (QED) is 0.412. The summed E-state index contributed by atoms with van der Waals surface area (Å²) in [5, 5.41) is 0. The minimum absolute atomic E-state index is 0.407. The van der Waals surface area contributed by atoms with Crippen LogP contribution in [0.4, 0.5) is 0 Å². The molecule has 0 bridgehead atoms. The van der Waals surface area contributed by atoms with Crippen LogP contribution in [0.15, 0.2) is 46.9 Å². The van der Waals surface area contributed by atoms with E-state index in [0.29, 0.717) is 17.1 Å². The average molecular weight is 433 g/mol. The van der Waals surface area contributed by atoms with Gasteiger partial charge >= 0.3 is 5.97 Å². The van der Waals surface area contributed by atoms with Crippen molar-refractivity contribution < 1.29 is 14.3 Å². The first-order valence-corrected chi connectivity index (χ1v) is 7.29. The molecular weight excluding hydrogens is 423 g/mol. The summed E-state index contributed by atoms with van der Waals surface area (Å²) >= 11 is 5.44. The molecule has 0 amide bonds. The van der Waals surface area contributed by atoms with Gasteiger partial charge in [-0.15, -0.1) is 0 Å². The highest BCUT2D eigenvalue weighted by molar-refractivity contribution is 14.1. The lowest BCUT2D eigenvalue weighted by Crippen LogP contribution is -2.11. The summed E-state index contributed by atoms with van der Waals surface area (Å²) in [6.45, 7) is 0. The summed E-state index contributed by atoms with van der Waals surface area (Å²) in [5.74, 6) is 0.529. The first kappa shape index (κ1) is 14.3. The van der Waals surface area contributed by atoms with Gasteiger partial charge in [-0.3, -0.25) is 0 Å². The Morgan fingerprint density at radius 1 is 1.16 bits per heavy atom. The number of carbonyl (C=O) groups is 1. The second-order valence-corrected chi connectivity index (χ2v) is 5.74. The fourth-order valence-corrected chi connectivity index (χ4v) is 2.43. The second-order valence-electron chi connectivity index (χ2n) is 3.66. The summed E-state index contributed by atoms with van der Waals surface area (Å²) in [6, 6.07) is 12.5. The Balaban J connectivity index is 2.28. The zero-order valence-electron chi connectivity index (χ0n) is 10.0. The van der Waals surface area contributed by atoms with E-state index in [1.54, 1.807) is 24.3 Å². The fraction of sp³-hybridized carbons (Fsp3) is 0.0714. The lowest BCUT2D eigenvalue weighted by molar-refractivity contribution is 0.0728. The van der Waals surface area contributed by atoms with Crippen molar-refractivity contribution in [3.8, 4) is 11.5 Å². The highest BCUT2D eigenvalue weighted by atomic mass is 127. The van der Waals surface area contributed by atoms with Crippen molar-refractivity contribution in [1.82, 2.24) is 0 Å². The van der Waals surface area contributed by atoms with Crippen molar-refractivity contribution in [2.24, 2.45) is 0 Å². The molecule has 0 saturated heterocycles. The van der Waals surface area contributed by atoms with Gasteiger partial charge in [0.05, 0.1) is 12.7 Å². The van der Waals surface area contributed by atoms with Crippen molar-refractivity contribution in [2.45, 2.75) is 0 Å². The molecule has 0 heterocycles. The van der Waals surface area contributed by atoms with E-state index in [2.05, 4.69) is 38.5 Å². The van der Waals surface area contributed by atoms with Crippen molar-refractivity contribution in [1.29, 1.82) is 0 Å². The molecule has 0 aliphatic heterocycles. The molecule has 5 heteroatoms. The molecule has 3 nitrogen and oxygen atoms in total. The van der Waals surface area contributed by atoms with Crippen molar-refractivity contribution >= 4 is 44.5 Å². The predicted molar refractivity (Wildman–Crippen MR) is 84.8 cm³/mol. The topological polar surface area (TPSA) is 35.5 Å². The Labute approximate surface area is 133 Å². The molecule has 2 aromatic rings. The maximum atomic E-state index is 12.2. The van der Waals surface area contributed by atoms with Crippen LogP contribution in [0, 0.1) is 3.57 Å². The van der Waals surface area contributed by atoms with Crippen LogP contribution in [-0.2, 0) is 0 Å². The largest absolute Gasteiger partial charge is 0.493 e. The van der Waals surface area contributed by atoms with Crippen LogP contribution in [0.5, 0.6) is 11.5 Å². The van der Waals surface area contributed by atoms with Gasteiger partial charge in [0.15, 0.2) is 11.5 Å². The van der Waals surface area contributed by atoms with Gasteiger partial charge in [-0.25, -0.2) is 4.79 Å². The Kier molecular flexibility index (Phi) is 4.81. The monoisotopic (exact) mass is 432 g/mol. The SMILES string of the molecule is COc1ccccc1OC(=O)c1cc(Br)ccc1I. The first-order chi connectivity index (χ1) is 9.11. The van der Waals surface area contributed by atoms with Crippen LogP contribution in [0.3, 0.4) is 0 Å². The standard InChI is InChI=1S/C14H10BrIO3/c1-18-12-4-2-3-5-13(12)19-14(17)10-8-9(15)6-7-11(10)16/h2-8H,1H3. The number of halogens is 2. The number of hydrogen-bond acceptors (Lipinski definition) is 3.